The highest BCUT2D eigenvalue weighted by atomic mass is 35.5. The summed E-state index contributed by atoms with van der Waals surface area (Å²) in [6, 6.07) is 18.0. The summed E-state index contributed by atoms with van der Waals surface area (Å²) in [7, 11) is 0. The molecule has 0 aliphatic heterocycles. The van der Waals surface area contributed by atoms with Crippen molar-refractivity contribution in [3.8, 4) is 0 Å². The number of hydrogen-bond donors (Lipinski definition) is 1. The van der Waals surface area contributed by atoms with E-state index in [0.29, 0.717) is 5.17 Å². The van der Waals surface area contributed by atoms with Crippen LogP contribution in [0.15, 0.2) is 59.7 Å². The normalized spacial score (nSPS) is 11.4. The molecule has 1 N–H and O–H groups in total. The van der Waals surface area contributed by atoms with Crippen LogP contribution in [0.2, 0.25) is 0 Å². The minimum atomic E-state index is 0.468. The van der Waals surface area contributed by atoms with Crippen LogP contribution in [0.5, 0.6) is 0 Å². The number of halogens is 1. The standard InChI is InChI=1S/C17H19ClN2/c1-2-3-7-14-10-12-15(13-11-14)17(18)20-19-16-8-5-4-6-9-16/h4-6,8-13,19H,2-3,7H2,1H3. The number of nitrogens with zero attached hydrogens (tertiary/aromatic N) is 1. The first-order chi connectivity index (χ1) is 9.79. The number of hydrazone groups is 1. The molecule has 0 aromatic heterocycles. The van der Waals surface area contributed by atoms with Crippen molar-refractivity contribution >= 4 is 22.5 Å². The van der Waals surface area contributed by atoms with Gasteiger partial charge < -0.3 is 0 Å². The Morgan fingerprint density at radius 3 is 2.40 bits per heavy atom. The summed E-state index contributed by atoms with van der Waals surface area (Å²) in [5, 5.41) is 4.66. The number of hydrogen-bond acceptors (Lipinski definition) is 2. The van der Waals surface area contributed by atoms with E-state index in [9.17, 15) is 0 Å². The van der Waals surface area contributed by atoms with E-state index >= 15 is 0 Å². The van der Waals surface area contributed by atoms with Gasteiger partial charge >= 0.3 is 0 Å². The maximum absolute atomic E-state index is 6.20. The minimum absolute atomic E-state index is 0.468. The van der Waals surface area contributed by atoms with Gasteiger partial charge in [-0.25, -0.2) is 0 Å². The minimum Gasteiger partial charge on any atom is -0.277 e. The lowest BCUT2D eigenvalue weighted by molar-refractivity contribution is 0.795. The number of para-hydroxylation sites is 1. The Hall–Kier alpha value is -1.80. The summed E-state index contributed by atoms with van der Waals surface area (Å²) in [6.45, 7) is 2.20. The topological polar surface area (TPSA) is 24.4 Å². The van der Waals surface area contributed by atoms with E-state index < -0.39 is 0 Å². The van der Waals surface area contributed by atoms with E-state index in [2.05, 4.69) is 29.6 Å². The second-order valence-electron chi connectivity index (χ2n) is 4.68. The molecular formula is C17H19ClN2. The Balaban J connectivity index is 1.99. The fraction of sp³-hybridized carbons (Fsp3) is 0.235. The third-order valence-electron chi connectivity index (χ3n) is 3.07. The second-order valence-corrected chi connectivity index (χ2v) is 5.04. The molecule has 0 aliphatic carbocycles. The van der Waals surface area contributed by atoms with Gasteiger partial charge in [0.1, 0.15) is 0 Å². The predicted octanol–water partition coefficient (Wildman–Crippen LogP) is 5.04. The van der Waals surface area contributed by atoms with E-state index in [-0.39, 0.29) is 0 Å². The Morgan fingerprint density at radius 2 is 1.75 bits per heavy atom. The third-order valence-corrected chi connectivity index (χ3v) is 3.37. The zero-order valence-electron chi connectivity index (χ0n) is 11.6. The van der Waals surface area contributed by atoms with Crippen LogP contribution < -0.4 is 5.43 Å². The molecule has 0 saturated carbocycles. The number of aryl methyl sites for hydroxylation is 1. The molecule has 0 radical (unpaired) electrons. The van der Waals surface area contributed by atoms with E-state index in [1.807, 2.05) is 42.5 Å². The number of unbranched alkanes of at least 4 members (excludes halogenated alkanes) is 1. The maximum Gasteiger partial charge on any atom is 0.156 e. The van der Waals surface area contributed by atoms with Gasteiger partial charge in [0.05, 0.1) is 5.69 Å². The summed E-state index contributed by atoms with van der Waals surface area (Å²) in [5.41, 5.74) is 6.14. The molecule has 0 unspecified atom stereocenters. The molecule has 0 heterocycles. The number of anilines is 1. The molecule has 0 saturated heterocycles. The van der Waals surface area contributed by atoms with Gasteiger partial charge in [0.2, 0.25) is 0 Å². The molecule has 2 aromatic rings. The van der Waals surface area contributed by atoms with E-state index in [0.717, 1.165) is 17.7 Å². The van der Waals surface area contributed by atoms with Gasteiger partial charge in [-0.3, -0.25) is 5.43 Å². The van der Waals surface area contributed by atoms with Crippen molar-refractivity contribution in [1.29, 1.82) is 0 Å². The van der Waals surface area contributed by atoms with Crippen LogP contribution in [0.3, 0.4) is 0 Å². The Labute approximate surface area is 125 Å². The van der Waals surface area contributed by atoms with Gasteiger partial charge in [0.25, 0.3) is 0 Å². The van der Waals surface area contributed by atoms with Gasteiger partial charge in [-0.05, 0) is 30.5 Å². The molecule has 0 atom stereocenters. The summed E-state index contributed by atoms with van der Waals surface area (Å²) >= 11 is 6.20. The number of benzene rings is 2. The zero-order valence-corrected chi connectivity index (χ0v) is 12.4. The van der Waals surface area contributed by atoms with E-state index in [1.54, 1.807) is 0 Å². The van der Waals surface area contributed by atoms with Crippen molar-refractivity contribution in [2.45, 2.75) is 26.2 Å². The maximum atomic E-state index is 6.20. The van der Waals surface area contributed by atoms with Crippen LogP contribution in [0.25, 0.3) is 0 Å². The van der Waals surface area contributed by atoms with Crippen LogP contribution in [0, 0.1) is 0 Å². The van der Waals surface area contributed by atoms with Crippen molar-refractivity contribution in [3.05, 3.63) is 65.7 Å². The molecule has 2 nitrogen and oxygen atoms in total. The van der Waals surface area contributed by atoms with Gasteiger partial charge in [-0.15, -0.1) is 0 Å². The average molecular weight is 287 g/mol. The van der Waals surface area contributed by atoms with Gasteiger partial charge in [-0.2, -0.15) is 5.10 Å². The predicted molar refractivity (Wildman–Crippen MR) is 87.5 cm³/mol. The van der Waals surface area contributed by atoms with Crippen molar-refractivity contribution in [3.63, 3.8) is 0 Å². The van der Waals surface area contributed by atoms with E-state index in [1.165, 1.54) is 18.4 Å². The highest BCUT2D eigenvalue weighted by Crippen LogP contribution is 2.12. The highest BCUT2D eigenvalue weighted by Gasteiger charge is 2.00. The fourth-order valence-electron chi connectivity index (χ4n) is 1.88. The largest absolute Gasteiger partial charge is 0.277 e. The molecule has 2 rings (SSSR count). The quantitative estimate of drug-likeness (QED) is 0.584. The summed E-state index contributed by atoms with van der Waals surface area (Å²) in [5.74, 6) is 0. The van der Waals surface area contributed by atoms with Crippen LogP contribution in [0.4, 0.5) is 5.69 Å². The Morgan fingerprint density at radius 1 is 1.05 bits per heavy atom. The lowest BCUT2D eigenvalue weighted by atomic mass is 10.1. The summed E-state index contributed by atoms with van der Waals surface area (Å²) < 4.78 is 0. The van der Waals surface area contributed by atoms with Gasteiger partial charge in [-0.1, -0.05) is 67.4 Å². The van der Waals surface area contributed by atoms with Crippen LogP contribution in [0.1, 0.15) is 30.9 Å². The molecule has 0 spiro atoms. The Kier molecular flexibility index (Phi) is 5.63. The smallest absolute Gasteiger partial charge is 0.156 e. The van der Waals surface area contributed by atoms with Crippen molar-refractivity contribution in [1.82, 2.24) is 0 Å². The first-order valence-corrected chi connectivity index (χ1v) is 7.31. The fourth-order valence-corrected chi connectivity index (χ4v) is 2.05. The number of nitrogens with one attached hydrogen (secondary N) is 1. The molecular weight excluding hydrogens is 268 g/mol. The highest BCUT2D eigenvalue weighted by molar-refractivity contribution is 6.69. The van der Waals surface area contributed by atoms with Gasteiger partial charge in [0, 0.05) is 5.56 Å². The molecule has 0 amide bonds. The Bertz CT molecular complexity index is 547. The van der Waals surface area contributed by atoms with Crippen molar-refractivity contribution < 1.29 is 0 Å². The molecule has 0 bridgehead atoms. The number of rotatable bonds is 6. The first kappa shape index (κ1) is 14.6. The molecule has 3 heteroatoms. The summed E-state index contributed by atoms with van der Waals surface area (Å²) in [4.78, 5) is 0. The molecule has 2 aromatic carbocycles. The molecule has 0 fully saturated rings. The molecule has 20 heavy (non-hydrogen) atoms. The van der Waals surface area contributed by atoms with Crippen molar-refractivity contribution in [2.24, 2.45) is 5.10 Å². The van der Waals surface area contributed by atoms with Crippen LogP contribution in [-0.4, -0.2) is 5.17 Å². The van der Waals surface area contributed by atoms with Crippen molar-refractivity contribution in [2.75, 3.05) is 5.43 Å². The SMILES string of the molecule is CCCCc1ccc(C(Cl)=NNc2ccccc2)cc1. The summed E-state index contributed by atoms with van der Waals surface area (Å²) in [6.07, 6.45) is 3.55. The lowest BCUT2D eigenvalue weighted by Gasteiger charge is -2.04. The van der Waals surface area contributed by atoms with Gasteiger partial charge in [0.15, 0.2) is 5.17 Å². The first-order valence-electron chi connectivity index (χ1n) is 6.93. The second kappa shape index (κ2) is 7.71. The third kappa shape index (κ3) is 4.39. The monoisotopic (exact) mass is 286 g/mol. The van der Waals surface area contributed by atoms with E-state index in [4.69, 9.17) is 11.6 Å². The average Bonchev–Trinajstić information content (AvgIpc) is 2.52. The zero-order chi connectivity index (χ0) is 14.2. The van der Waals surface area contributed by atoms with Crippen LogP contribution in [-0.2, 0) is 6.42 Å². The molecule has 0 aliphatic rings. The lowest BCUT2D eigenvalue weighted by Crippen LogP contribution is -1.97. The molecule has 104 valence electrons. The van der Waals surface area contributed by atoms with Crippen LogP contribution >= 0.6 is 11.6 Å².